The lowest BCUT2D eigenvalue weighted by Gasteiger charge is -2.37. The van der Waals surface area contributed by atoms with E-state index >= 15 is 0 Å². The summed E-state index contributed by atoms with van der Waals surface area (Å²) in [4.78, 5) is 24.5. The number of alkyl halides is 3. The fraction of sp³-hybridized carbons (Fsp3) is 0.314. The normalized spacial score (nSPS) is 17.8. The van der Waals surface area contributed by atoms with Crippen LogP contribution >= 0.6 is 11.8 Å². The fourth-order valence-electron chi connectivity index (χ4n) is 6.25. The van der Waals surface area contributed by atoms with Crippen LogP contribution < -0.4 is 15.0 Å². The molecule has 1 aliphatic carbocycles. The summed E-state index contributed by atoms with van der Waals surface area (Å²) in [5, 5.41) is 8.31. The SMILES string of the molecule is Cc1cc(C)c(N2/C(=N/C(=O)NC3=C(c4ccc(-c5ncn(-c6ccc(OC(F)(F)F)cc6)n5)cc4)CCC3)SCCC2C)c(C)c1. The molecule has 0 saturated carbocycles. The molecule has 0 radical (unpaired) electrons. The van der Waals surface area contributed by atoms with Crippen LogP contribution in [0.15, 0.2) is 77.7 Å². The van der Waals surface area contributed by atoms with Gasteiger partial charge in [0.05, 0.1) is 5.69 Å². The number of carbonyl (C=O) groups excluding carboxylic acids is 1. The van der Waals surface area contributed by atoms with Gasteiger partial charge in [-0.05, 0) is 99.9 Å². The summed E-state index contributed by atoms with van der Waals surface area (Å²) >= 11 is 1.62. The Morgan fingerprint density at radius 2 is 1.68 bits per heavy atom. The molecule has 1 aliphatic heterocycles. The van der Waals surface area contributed by atoms with Crippen LogP contribution in [0.25, 0.3) is 22.6 Å². The first-order valence-corrected chi connectivity index (χ1v) is 16.4. The van der Waals surface area contributed by atoms with Crippen LogP contribution in [0.3, 0.4) is 0 Å². The van der Waals surface area contributed by atoms with Crippen molar-refractivity contribution in [2.45, 2.75) is 65.8 Å². The highest BCUT2D eigenvalue weighted by atomic mass is 32.2. The first-order valence-electron chi connectivity index (χ1n) is 15.5. The number of thioether (sulfide) groups is 1. The number of nitrogens with zero attached hydrogens (tertiary/aromatic N) is 5. The molecule has 1 aromatic heterocycles. The van der Waals surface area contributed by atoms with Crippen LogP contribution in [-0.4, -0.2) is 44.1 Å². The number of allylic oxidation sites excluding steroid dienone is 2. The number of amidine groups is 1. The highest BCUT2D eigenvalue weighted by Gasteiger charge is 2.31. The number of hydrogen-bond acceptors (Lipinski definition) is 5. The Hall–Kier alpha value is -4.58. The number of aromatic nitrogens is 3. The number of halogens is 3. The van der Waals surface area contributed by atoms with Gasteiger partial charge in [0.1, 0.15) is 12.1 Å². The molecule has 1 fully saturated rings. The van der Waals surface area contributed by atoms with Gasteiger partial charge in [-0.25, -0.2) is 14.5 Å². The molecule has 47 heavy (non-hydrogen) atoms. The topological polar surface area (TPSA) is 84.6 Å². The molecule has 2 heterocycles. The summed E-state index contributed by atoms with van der Waals surface area (Å²) in [6.45, 7) is 8.50. The van der Waals surface area contributed by atoms with Gasteiger partial charge < -0.3 is 15.0 Å². The molecular formula is C35H35F3N6O2S. The van der Waals surface area contributed by atoms with Crippen molar-refractivity contribution >= 4 is 34.2 Å². The second-order valence-electron chi connectivity index (χ2n) is 11.9. The number of aryl methyl sites for hydroxylation is 3. The van der Waals surface area contributed by atoms with Crippen LogP contribution in [0.1, 0.15) is 54.9 Å². The molecule has 0 spiro atoms. The minimum Gasteiger partial charge on any atom is -0.406 e. The van der Waals surface area contributed by atoms with Crippen molar-refractivity contribution in [1.29, 1.82) is 0 Å². The zero-order valence-corrected chi connectivity index (χ0v) is 27.4. The van der Waals surface area contributed by atoms with Crippen molar-refractivity contribution in [3.8, 4) is 22.8 Å². The number of amides is 2. The van der Waals surface area contributed by atoms with Crippen molar-refractivity contribution < 1.29 is 22.7 Å². The summed E-state index contributed by atoms with van der Waals surface area (Å²) in [5.41, 5.74) is 8.97. The molecule has 2 amide bonds. The molecule has 3 aromatic carbocycles. The van der Waals surface area contributed by atoms with Gasteiger partial charge in [-0.2, -0.15) is 4.99 Å². The molecule has 8 nitrogen and oxygen atoms in total. The number of benzene rings is 3. The number of anilines is 1. The van der Waals surface area contributed by atoms with Crippen molar-refractivity contribution in [2.24, 2.45) is 4.99 Å². The van der Waals surface area contributed by atoms with Crippen molar-refractivity contribution in [3.63, 3.8) is 0 Å². The van der Waals surface area contributed by atoms with Crippen LogP contribution in [0, 0.1) is 20.8 Å². The molecule has 1 saturated heterocycles. The predicted molar refractivity (Wildman–Crippen MR) is 180 cm³/mol. The average Bonchev–Trinajstić information content (AvgIpc) is 3.68. The van der Waals surface area contributed by atoms with Gasteiger partial charge in [0.25, 0.3) is 0 Å². The van der Waals surface area contributed by atoms with E-state index in [0.29, 0.717) is 11.5 Å². The third kappa shape index (κ3) is 7.38. The van der Waals surface area contributed by atoms with Gasteiger partial charge >= 0.3 is 12.4 Å². The molecule has 0 bridgehead atoms. The number of hydrogen-bond donors (Lipinski definition) is 1. The fourth-order valence-corrected chi connectivity index (χ4v) is 7.45. The Morgan fingerprint density at radius 3 is 2.36 bits per heavy atom. The minimum absolute atomic E-state index is 0.224. The molecule has 6 rings (SSSR count). The predicted octanol–water partition coefficient (Wildman–Crippen LogP) is 8.75. The van der Waals surface area contributed by atoms with E-state index in [-0.39, 0.29) is 17.8 Å². The standard InChI is InChI=1S/C35H35F3N6O2S/c1-21-18-22(2)31(23(3)19-21)44-24(4)16-17-47-34(44)41-33(45)40-30-7-5-6-29(30)25-8-10-26(11-9-25)32-39-20-43(42-32)27-12-14-28(15-13-27)46-35(36,37)38/h8-15,18-20,24H,5-7,16-17H2,1-4H3,(H,40,45)/b41-34-. The van der Waals surface area contributed by atoms with E-state index in [4.69, 9.17) is 0 Å². The molecule has 4 aromatic rings. The summed E-state index contributed by atoms with van der Waals surface area (Å²) < 4.78 is 42.9. The first kappa shape index (κ1) is 32.4. The van der Waals surface area contributed by atoms with E-state index in [0.717, 1.165) is 64.7 Å². The lowest BCUT2D eigenvalue weighted by molar-refractivity contribution is -0.274. The van der Waals surface area contributed by atoms with Gasteiger partial charge in [-0.3, -0.25) is 0 Å². The third-order valence-corrected chi connectivity index (χ3v) is 9.27. The molecule has 1 atom stereocenters. The highest BCUT2D eigenvalue weighted by molar-refractivity contribution is 8.14. The van der Waals surface area contributed by atoms with Gasteiger partial charge in [0, 0.05) is 28.7 Å². The van der Waals surface area contributed by atoms with Crippen LogP contribution in [-0.2, 0) is 0 Å². The molecule has 12 heteroatoms. The monoisotopic (exact) mass is 660 g/mol. The maximum Gasteiger partial charge on any atom is 0.573 e. The Balaban J connectivity index is 1.17. The van der Waals surface area contributed by atoms with Crippen molar-refractivity contribution in [3.05, 3.63) is 94.9 Å². The van der Waals surface area contributed by atoms with E-state index in [2.05, 4.69) is 69.9 Å². The van der Waals surface area contributed by atoms with Crippen molar-refractivity contribution in [2.75, 3.05) is 10.7 Å². The number of carbonyl (C=O) groups is 1. The lowest BCUT2D eigenvalue weighted by atomic mass is 10.0. The second-order valence-corrected chi connectivity index (χ2v) is 12.9. The molecule has 1 unspecified atom stereocenters. The van der Waals surface area contributed by atoms with Gasteiger partial charge in [0.2, 0.25) is 0 Å². The van der Waals surface area contributed by atoms with E-state index < -0.39 is 6.36 Å². The van der Waals surface area contributed by atoms with Gasteiger partial charge in [-0.1, -0.05) is 53.7 Å². The Kier molecular flexibility index (Phi) is 9.14. The first-order chi connectivity index (χ1) is 22.4. The number of aliphatic imine (C=N–C) groups is 1. The van der Waals surface area contributed by atoms with E-state index in [1.54, 1.807) is 11.8 Å². The largest absolute Gasteiger partial charge is 0.573 e. The second kappa shape index (κ2) is 13.3. The van der Waals surface area contributed by atoms with Gasteiger partial charge in [-0.15, -0.1) is 18.3 Å². The lowest BCUT2D eigenvalue weighted by Crippen LogP contribution is -2.43. The number of urea groups is 1. The van der Waals surface area contributed by atoms with E-state index in [9.17, 15) is 18.0 Å². The maximum atomic E-state index is 13.3. The number of ether oxygens (including phenoxy) is 1. The molecular weight excluding hydrogens is 625 g/mol. The van der Waals surface area contributed by atoms with E-state index in [1.807, 2.05) is 24.3 Å². The summed E-state index contributed by atoms with van der Waals surface area (Å²) in [7, 11) is 0. The number of nitrogens with one attached hydrogen (secondary N) is 1. The Bertz CT molecular complexity index is 1830. The van der Waals surface area contributed by atoms with Crippen molar-refractivity contribution in [1.82, 2.24) is 20.1 Å². The minimum atomic E-state index is -4.75. The molecule has 2 aliphatic rings. The zero-order valence-electron chi connectivity index (χ0n) is 26.6. The summed E-state index contributed by atoms with van der Waals surface area (Å²) in [5.74, 6) is 1.07. The maximum absolute atomic E-state index is 13.3. The zero-order chi connectivity index (χ0) is 33.3. The molecule has 244 valence electrons. The molecule has 1 N–H and O–H groups in total. The van der Waals surface area contributed by atoms with Crippen LogP contribution in [0.5, 0.6) is 5.75 Å². The highest BCUT2D eigenvalue weighted by Crippen LogP contribution is 2.36. The van der Waals surface area contributed by atoms with E-state index in [1.165, 1.54) is 52.0 Å². The smallest absolute Gasteiger partial charge is 0.406 e. The third-order valence-electron chi connectivity index (χ3n) is 8.28. The van der Waals surface area contributed by atoms with Crippen LogP contribution in [0.2, 0.25) is 0 Å². The quantitative estimate of drug-likeness (QED) is 0.223. The Labute approximate surface area is 275 Å². The Morgan fingerprint density at radius 1 is 1.00 bits per heavy atom. The summed E-state index contributed by atoms with van der Waals surface area (Å²) in [6, 6.07) is 17.4. The van der Waals surface area contributed by atoms with Crippen LogP contribution in [0.4, 0.5) is 23.7 Å². The summed E-state index contributed by atoms with van der Waals surface area (Å²) in [6.07, 6.45) is 0.293. The number of rotatable bonds is 6. The van der Waals surface area contributed by atoms with Gasteiger partial charge in [0.15, 0.2) is 11.0 Å². The average molecular weight is 661 g/mol.